The molecular formula is C10H11NO2. The number of phenolic OH excluding ortho intramolecular Hbond substituents is 1. The fourth-order valence-electron chi connectivity index (χ4n) is 1.59. The minimum atomic E-state index is 0.109. The molecule has 0 fully saturated rings. The zero-order valence-electron chi connectivity index (χ0n) is 7.45. The largest absolute Gasteiger partial charge is 0.508 e. The second kappa shape index (κ2) is 2.76. The standard InChI is InChI=1S/C10H11NO2/c1-11-6-8-7(5-10(11)13)3-2-4-9(8)12/h2-4,12H,5-6H2,1H3. The van der Waals surface area contributed by atoms with Gasteiger partial charge in [0.05, 0.1) is 6.42 Å². The number of rotatable bonds is 0. The Balaban J connectivity index is 2.48. The summed E-state index contributed by atoms with van der Waals surface area (Å²) in [7, 11) is 1.75. The molecule has 2 rings (SSSR count). The second-order valence-corrected chi connectivity index (χ2v) is 3.34. The van der Waals surface area contributed by atoms with E-state index in [1.807, 2.05) is 6.07 Å². The number of aromatic hydroxyl groups is 1. The number of carbonyl (C=O) groups excluding carboxylic acids is 1. The van der Waals surface area contributed by atoms with Gasteiger partial charge < -0.3 is 10.0 Å². The summed E-state index contributed by atoms with van der Waals surface area (Å²) >= 11 is 0. The van der Waals surface area contributed by atoms with E-state index >= 15 is 0 Å². The van der Waals surface area contributed by atoms with Gasteiger partial charge in [0.25, 0.3) is 0 Å². The summed E-state index contributed by atoms with van der Waals surface area (Å²) in [5.41, 5.74) is 1.83. The highest BCUT2D eigenvalue weighted by Gasteiger charge is 2.21. The zero-order chi connectivity index (χ0) is 9.42. The number of hydrogen-bond donors (Lipinski definition) is 1. The van der Waals surface area contributed by atoms with Crippen molar-refractivity contribution in [2.75, 3.05) is 7.05 Å². The Morgan fingerprint density at radius 2 is 2.23 bits per heavy atom. The molecule has 68 valence electrons. The van der Waals surface area contributed by atoms with E-state index in [2.05, 4.69) is 0 Å². The van der Waals surface area contributed by atoms with Crippen LogP contribution in [-0.4, -0.2) is 23.0 Å². The summed E-state index contributed by atoms with van der Waals surface area (Å²) in [6, 6.07) is 5.31. The fourth-order valence-corrected chi connectivity index (χ4v) is 1.59. The molecular weight excluding hydrogens is 166 g/mol. The Labute approximate surface area is 76.6 Å². The van der Waals surface area contributed by atoms with E-state index in [1.165, 1.54) is 0 Å². The SMILES string of the molecule is CN1Cc2c(O)cccc2CC1=O. The molecule has 1 amide bonds. The summed E-state index contributed by atoms with van der Waals surface area (Å²) in [5.74, 6) is 0.398. The molecule has 0 saturated carbocycles. The number of nitrogens with zero attached hydrogens (tertiary/aromatic N) is 1. The molecule has 13 heavy (non-hydrogen) atoms. The molecule has 0 bridgehead atoms. The lowest BCUT2D eigenvalue weighted by Crippen LogP contribution is -2.32. The van der Waals surface area contributed by atoms with Crippen LogP contribution in [0.4, 0.5) is 0 Å². The maximum Gasteiger partial charge on any atom is 0.227 e. The molecule has 1 N–H and O–H groups in total. The fraction of sp³-hybridized carbons (Fsp3) is 0.300. The second-order valence-electron chi connectivity index (χ2n) is 3.34. The number of amides is 1. The van der Waals surface area contributed by atoms with E-state index in [9.17, 15) is 9.90 Å². The molecule has 1 aliphatic heterocycles. The highest BCUT2D eigenvalue weighted by molar-refractivity contribution is 5.81. The Bertz CT molecular complexity index is 360. The first-order chi connectivity index (χ1) is 6.18. The number of phenols is 1. The van der Waals surface area contributed by atoms with Crippen molar-refractivity contribution in [2.24, 2.45) is 0 Å². The van der Waals surface area contributed by atoms with Crippen LogP contribution in [0.25, 0.3) is 0 Å². The minimum Gasteiger partial charge on any atom is -0.508 e. The van der Waals surface area contributed by atoms with Crippen LogP contribution in [0.3, 0.4) is 0 Å². The number of carbonyl (C=O) groups is 1. The molecule has 0 spiro atoms. The van der Waals surface area contributed by atoms with E-state index in [-0.39, 0.29) is 11.7 Å². The van der Waals surface area contributed by atoms with Crippen molar-refractivity contribution >= 4 is 5.91 Å². The third-order valence-electron chi connectivity index (χ3n) is 2.41. The number of benzene rings is 1. The van der Waals surface area contributed by atoms with Crippen molar-refractivity contribution in [3.05, 3.63) is 29.3 Å². The maximum absolute atomic E-state index is 11.3. The molecule has 1 aromatic rings. The third-order valence-corrected chi connectivity index (χ3v) is 2.41. The molecule has 0 atom stereocenters. The quantitative estimate of drug-likeness (QED) is 0.639. The Morgan fingerprint density at radius 1 is 1.46 bits per heavy atom. The predicted octanol–water partition coefficient (Wildman–Crippen LogP) is 0.907. The normalized spacial score (nSPS) is 15.8. The highest BCUT2D eigenvalue weighted by atomic mass is 16.3. The summed E-state index contributed by atoms with van der Waals surface area (Å²) < 4.78 is 0. The van der Waals surface area contributed by atoms with Gasteiger partial charge in [-0.15, -0.1) is 0 Å². The zero-order valence-corrected chi connectivity index (χ0v) is 7.45. The molecule has 0 radical (unpaired) electrons. The summed E-state index contributed by atoms with van der Waals surface area (Å²) in [5, 5.41) is 9.52. The summed E-state index contributed by atoms with van der Waals surface area (Å²) in [4.78, 5) is 12.9. The molecule has 1 heterocycles. The van der Waals surface area contributed by atoms with Crippen LogP contribution in [0.15, 0.2) is 18.2 Å². The van der Waals surface area contributed by atoms with Gasteiger partial charge in [0, 0.05) is 19.2 Å². The van der Waals surface area contributed by atoms with E-state index in [1.54, 1.807) is 24.1 Å². The van der Waals surface area contributed by atoms with Crippen molar-refractivity contribution in [2.45, 2.75) is 13.0 Å². The van der Waals surface area contributed by atoms with Gasteiger partial charge >= 0.3 is 0 Å². The van der Waals surface area contributed by atoms with Crippen LogP contribution in [-0.2, 0) is 17.8 Å². The average molecular weight is 177 g/mol. The van der Waals surface area contributed by atoms with Crippen LogP contribution in [0.1, 0.15) is 11.1 Å². The molecule has 1 aliphatic rings. The topological polar surface area (TPSA) is 40.5 Å². The van der Waals surface area contributed by atoms with Crippen LogP contribution < -0.4 is 0 Å². The van der Waals surface area contributed by atoms with Gasteiger partial charge in [-0.2, -0.15) is 0 Å². The van der Waals surface area contributed by atoms with Crippen molar-refractivity contribution < 1.29 is 9.90 Å². The molecule has 0 aromatic heterocycles. The monoisotopic (exact) mass is 177 g/mol. The van der Waals surface area contributed by atoms with Gasteiger partial charge in [-0.1, -0.05) is 12.1 Å². The van der Waals surface area contributed by atoms with Gasteiger partial charge in [-0.3, -0.25) is 4.79 Å². The lowest BCUT2D eigenvalue weighted by molar-refractivity contribution is -0.130. The highest BCUT2D eigenvalue weighted by Crippen LogP contribution is 2.26. The van der Waals surface area contributed by atoms with E-state index in [4.69, 9.17) is 0 Å². The van der Waals surface area contributed by atoms with Crippen LogP contribution in [0.2, 0.25) is 0 Å². The summed E-state index contributed by atoms with van der Waals surface area (Å²) in [6.45, 7) is 0.515. The first kappa shape index (κ1) is 8.10. The van der Waals surface area contributed by atoms with E-state index in [0.717, 1.165) is 11.1 Å². The Morgan fingerprint density at radius 3 is 3.00 bits per heavy atom. The van der Waals surface area contributed by atoms with Crippen molar-refractivity contribution in [1.82, 2.24) is 4.90 Å². The molecule has 0 aliphatic carbocycles. The first-order valence-electron chi connectivity index (χ1n) is 4.22. The minimum absolute atomic E-state index is 0.109. The lowest BCUT2D eigenvalue weighted by Gasteiger charge is -2.25. The van der Waals surface area contributed by atoms with E-state index in [0.29, 0.717) is 13.0 Å². The third kappa shape index (κ3) is 1.26. The molecule has 3 nitrogen and oxygen atoms in total. The van der Waals surface area contributed by atoms with Crippen molar-refractivity contribution in [3.8, 4) is 5.75 Å². The predicted molar refractivity (Wildman–Crippen MR) is 48.3 cm³/mol. The van der Waals surface area contributed by atoms with Gasteiger partial charge in [0.2, 0.25) is 5.91 Å². The van der Waals surface area contributed by atoms with Gasteiger partial charge in [0.1, 0.15) is 5.75 Å². The molecule has 3 heteroatoms. The van der Waals surface area contributed by atoms with Crippen molar-refractivity contribution in [3.63, 3.8) is 0 Å². The Hall–Kier alpha value is -1.51. The smallest absolute Gasteiger partial charge is 0.227 e. The van der Waals surface area contributed by atoms with E-state index < -0.39 is 0 Å². The molecule has 0 saturated heterocycles. The maximum atomic E-state index is 11.3. The lowest BCUT2D eigenvalue weighted by atomic mass is 9.99. The number of likely N-dealkylation sites (N-methyl/N-ethyl adjacent to an activating group) is 1. The van der Waals surface area contributed by atoms with Crippen LogP contribution in [0, 0.1) is 0 Å². The Kier molecular flexibility index (Phi) is 1.72. The average Bonchev–Trinajstić information content (AvgIpc) is 2.09. The number of hydrogen-bond acceptors (Lipinski definition) is 2. The molecule has 1 aromatic carbocycles. The van der Waals surface area contributed by atoms with Gasteiger partial charge in [-0.05, 0) is 11.6 Å². The van der Waals surface area contributed by atoms with Crippen molar-refractivity contribution in [1.29, 1.82) is 0 Å². The van der Waals surface area contributed by atoms with Gasteiger partial charge in [-0.25, -0.2) is 0 Å². The number of fused-ring (bicyclic) bond motifs is 1. The van der Waals surface area contributed by atoms with Crippen LogP contribution >= 0.6 is 0 Å². The summed E-state index contributed by atoms with van der Waals surface area (Å²) in [6.07, 6.45) is 0.403. The van der Waals surface area contributed by atoms with Crippen LogP contribution in [0.5, 0.6) is 5.75 Å². The van der Waals surface area contributed by atoms with Gasteiger partial charge in [0.15, 0.2) is 0 Å². The first-order valence-corrected chi connectivity index (χ1v) is 4.22. The molecule has 0 unspecified atom stereocenters.